The molecule has 0 aliphatic carbocycles. The fourth-order valence-electron chi connectivity index (χ4n) is 2.50. The Kier molecular flexibility index (Phi) is 5.62. The number of nitrogens with one attached hydrogen (secondary N) is 1. The third-order valence-corrected chi connectivity index (χ3v) is 3.87. The second-order valence-electron chi connectivity index (χ2n) is 6.18. The largest absolute Gasteiger partial charge is 0.465 e. The fraction of sp³-hybridized carbons (Fsp3) is 0.235. The highest BCUT2D eigenvalue weighted by Crippen LogP contribution is 2.22. The lowest BCUT2D eigenvalue weighted by Crippen LogP contribution is -2.21. The van der Waals surface area contributed by atoms with Crippen molar-refractivity contribution in [3.63, 3.8) is 0 Å². The van der Waals surface area contributed by atoms with Gasteiger partial charge in [-0.05, 0) is 33.9 Å². The van der Waals surface area contributed by atoms with E-state index in [0.717, 1.165) is 0 Å². The fourth-order valence-corrected chi connectivity index (χ4v) is 2.50. The summed E-state index contributed by atoms with van der Waals surface area (Å²) < 4.78 is 10.5. The Balaban J connectivity index is 1.76. The summed E-state index contributed by atoms with van der Waals surface area (Å²) in [5.41, 5.74) is 9.73. The summed E-state index contributed by atoms with van der Waals surface area (Å²) in [4.78, 5) is 23.9. The first-order valence-electron chi connectivity index (χ1n) is 8.48. The Morgan fingerprint density at radius 3 is 2.59 bits per heavy atom. The lowest BCUT2D eigenvalue weighted by molar-refractivity contribution is 0.0600. The summed E-state index contributed by atoms with van der Waals surface area (Å²) in [6.07, 6.45) is 1.43. The molecule has 0 spiro atoms. The Hall–Kier alpha value is -4.09. The average Bonchev–Trinajstić information content (AvgIpc) is 3.33. The first-order chi connectivity index (χ1) is 13.9. The number of amides is 1. The summed E-state index contributed by atoms with van der Waals surface area (Å²) in [5.74, 6) is -0.949. The van der Waals surface area contributed by atoms with Crippen LogP contribution in [0.25, 0.3) is 5.82 Å². The number of rotatable bonds is 6. The maximum Gasteiger partial charge on any atom is 0.337 e. The zero-order valence-electron chi connectivity index (χ0n) is 15.9. The van der Waals surface area contributed by atoms with E-state index in [1.165, 1.54) is 18.0 Å². The molecule has 12 heteroatoms. The van der Waals surface area contributed by atoms with Crippen molar-refractivity contribution in [1.29, 1.82) is 0 Å². The van der Waals surface area contributed by atoms with Crippen molar-refractivity contribution in [2.45, 2.75) is 19.8 Å². The number of esters is 1. The molecule has 2 heterocycles. The van der Waals surface area contributed by atoms with Gasteiger partial charge in [0.25, 0.3) is 5.91 Å². The number of methoxy groups -OCH3 is 1. The standard InChI is InChI=1S/C17H18N8O4/c1-9(2)13-12(20-24-25(13)15-14(18)22-29-23-15)16(26)21-19-8-10-4-6-11(7-5-10)17(27)28-3/h4-9H,1-3H3,(H2,18,22)(H,21,26). The third-order valence-electron chi connectivity index (χ3n) is 3.87. The van der Waals surface area contributed by atoms with Crippen LogP contribution in [-0.4, -0.2) is 50.5 Å². The second kappa shape index (κ2) is 8.29. The van der Waals surface area contributed by atoms with Crippen LogP contribution in [0.3, 0.4) is 0 Å². The minimum Gasteiger partial charge on any atom is -0.465 e. The Morgan fingerprint density at radius 2 is 2.00 bits per heavy atom. The molecule has 0 saturated heterocycles. The maximum absolute atomic E-state index is 12.5. The summed E-state index contributed by atoms with van der Waals surface area (Å²) >= 11 is 0. The highest BCUT2D eigenvalue weighted by atomic mass is 16.6. The molecule has 1 aromatic carbocycles. The van der Waals surface area contributed by atoms with Crippen LogP contribution in [-0.2, 0) is 4.74 Å². The van der Waals surface area contributed by atoms with Crippen LogP contribution in [0.4, 0.5) is 5.82 Å². The van der Waals surface area contributed by atoms with Crippen LogP contribution >= 0.6 is 0 Å². The minimum atomic E-state index is -0.558. The molecule has 3 rings (SSSR count). The van der Waals surface area contributed by atoms with Crippen LogP contribution < -0.4 is 11.2 Å². The van der Waals surface area contributed by atoms with Crippen LogP contribution in [0.5, 0.6) is 0 Å². The molecule has 12 nitrogen and oxygen atoms in total. The first kappa shape index (κ1) is 19.7. The van der Waals surface area contributed by atoms with E-state index in [-0.39, 0.29) is 23.2 Å². The van der Waals surface area contributed by atoms with E-state index < -0.39 is 11.9 Å². The number of hydrogen-bond acceptors (Lipinski definition) is 10. The molecule has 0 bridgehead atoms. The molecule has 2 aromatic heterocycles. The molecular formula is C17H18N8O4. The van der Waals surface area contributed by atoms with E-state index in [0.29, 0.717) is 16.8 Å². The van der Waals surface area contributed by atoms with Gasteiger partial charge in [0.15, 0.2) is 5.69 Å². The molecule has 29 heavy (non-hydrogen) atoms. The number of aromatic nitrogens is 5. The second-order valence-corrected chi connectivity index (χ2v) is 6.18. The molecular weight excluding hydrogens is 380 g/mol. The summed E-state index contributed by atoms with van der Waals surface area (Å²) in [5, 5.41) is 18.9. The monoisotopic (exact) mass is 398 g/mol. The summed E-state index contributed by atoms with van der Waals surface area (Å²) in [6, 6.07) is 6.51. The van der Waals surface area contributed by atoms with Crippen LogP contribution in [0.15, 0.2) is 34.0 Å². The molecule has 3 aromatic rings. The molecule has 0 fully saturated rings. The van der Waals surface area contributed by atoms with Crippen LogP contribution in [0.2, 0.25) is 0 Å². The van der Waals surface area contributed by atoms with Crippen molar-refractivity contribution in [2.24, 2.45) is 5.10 Å². The van der Waals surface area contributed by atoms with Crippen molar-refractivity contribution < 1.29 is 19.0 Å². The summed E-state index contributed by atoms with van der Waals surface area (Å²) in [7, 11) is 1.31. The Morgan fingerprint density at radius 1 is 1.28 bits per heavy atom. The van der Waals surface area contributed by atoms with Gasteiger partial charge in [0.05, 0.1) is 24.6 Å². The molecule has 0 aliphatic rings. The van der Waals surface area contributed by atoms with Crippen LogP contribution in [0, 0.1) is 0 Å². The molecule has 150 valence electrons. The molecule has 3 N–H and O–H groups in total. The van der Waals surface area contributed by atoms with Gasteiger partial charge in [0.1, 0.15) is 0 Å². The molecule has 0 aliphatic heterocycles. The van der Waals surface area contributed by atoms with E-state index in [2.05, 4.69) is 40.5 Å². The van der Waals surface area contributed by atoms with Gasteiger partial charge >= 0.3 is 5.97 Å². The van der Waals surface area contributed by atoms with Crippen molar-refractivity contribution in [3.8, 4) is 5.82 Å². The zero-order chi connectivity index (χ0) is 21.0. The van der Waals surface area contributed by atoms with E-state index in [1.54, 1.807) is 24.3 Å². The van der Waals surface area contributed by atoms with Gasteiger partial charge in [0, 0.05) is 0 Å². The van der Waals surface area contributed by atoms with Gasteiger partial charge in [-0.15, -0.1) is 5.10 Å². The van der Waals surface area contributed by atoms with Crippen LogP contribution in [0.1, 0.15) is 51.9 Å². The summed E-state index contributed by atoms with van der Waals surface area (Å²) in [6.45, 7) is 3.73. The Labute approximate surface area is 164 Å². The van der Waals surface area contributed by atoms with Crippen molar-refractivity contribution in [2.75, 3.05) is 12.8 Å². The topological polar surface area (TPSA) is 163 Å². The molecule has 0 saturated carbocycles. The molecule has 0 radical (unpaired) electrons. The van der Waals surface area contributed by atoms with Gasteiger partial charge in [-0.3, -0.25) is 4.79 Å². The number of benzene rings is 1. The van der Waals surface area contributed by atoms with Gasteiger partial charge < -0.3 is 10.5 Å². The number of nitrogens with zero attached hydrogens (tertiary/aromatic N) is 6. The first-order valence-corrected chi connectivity index (χ1v) is 8.48. The molecule has 1 amide bonds. The number of hydrazone groups is 1. The highest BCUT2D eigenvalue weighted by molar-refractivity contribution is 5.94. The number of carbonyl (C=O) groups is 2. The average molecular weight is 398 g/mol. The molecule has 0 unspecified atom stereocenters. The normalized spacial score (nSPS) is 11.2. The van der Waals surface area contributed by atoms with E-state index in [1.807, 2.05) is 13.8 Å². The predicted molar refractivity (Wildman–Crippen MR) is 101 cm³/mol. The lowest BCUT2D eigenvalue weighted by atomic mass is 10.1. The predicted octanol–water partition coefficient (Wildman–Crippen LogP) is 0.906. The van der Waals surface area contributed by atoms with Crippen molar-refractivity contribution in [3.05, 3.63) is 46.8 Å². The quantitative estimate of drug-likeness (QED) is 0.349. The zero-order valence-corrected chi connectivity index (χ0v) is 15.9. The minimum absolute atomic E-state index is 0.0252. The van der Waals surface area contributed by atoms with Crippen molar-refractivity contribution >= 4 is 23.9 Å². The van der Waals surface area contributed by atoms with E-state index in [9.17, 15) is 9.59 Å². The molecule has 0 atom stereocenters. The Bertz CT molecular complexity index is 1050. The third kappa shape index (κ3) is 4.10. The number of carbonyl (C=O) groups excluding carboxylic acids is 2. The van der Waals surface area contributed by atoms with Gasteiger partial charge in [-0.1, -0.05) is 31.2 Å². The number of nitrogens with two attached hydrogens (primary N) is 1. The number of hydrogen-bond donors (Lipinski definition) is 2. The maximum atomic E-state index is 12.5. The van der Waals surface area contributed by atoms with Gasteiger partial charge in [-0.2, -0.15) is 9.78 Å². The van der Waals surface area contributed by atoms with Gasteiger partial charge in [0.2, 0.25) is 11.6 Å². The highest BCUT2D eigenvalue weighted by Gasteiger charge is 2.25. The number of anilines is 1. The van der Waals surface area contributed by atoms with Gasteiger partial charge in [-0.25, -0.2) is 14.8 Å². The SMILES string of the molecule is COC(=O)c1ccc(C=NNC(=O)c2nnn(-c3nonc3N)c2C(C)C)cc1. The van der Waals surface area contributed by atoms with Crippen molar-refractivity contribution in [1.82, 2.24) is 30.7 Å². The van der Waals surface area contributed by atoms with E-state index in [4.69, 9.17) is 5.73 Å². The number of nitrogen functional groups attached to an aromatic ring is 1. The smallest absolute Gasteiger partial charge is 0.337 e. The number of ether oxygens (including phenoxy) is 1. The van der Waals surface area contributed by atoms with E-state index >= 15 is 0 Å². The lowest BCUT2D eigenvalue weighted by Gasteiger charge is -2.08.